The Morgan fingerprint density at radius 2 is 2.25 bits per heavy atom. The summed E-state index contributed by atoms with van der Waals surface area (Å²) in [6, 6.07) is 6.49. The molecular weight excluding hydrogens is 259 g/mol. The van der Waals surface area contributed by atoms with Crippen LogP contribution in [0.2, 0.25) is 0 Å². The van der Waals surface area contributed by atoms with Crippen LogP contribution in [0.1, 0.15) is 24.8 Å². The predicted octanol–water partition coefficient (Wildman–Crippen LogP) is 1.42. The van der Waals surface area contributed by atoms with Crippen molar-refractivity contribution in [2.24, 2.45) is 0 Å². The van der Waals surface area contributed by atoms with E-state index in [1.54, 1.807) is 12.1 Å². The van der Waals surface area contributed by atoms with E-state index < -0.39 is 0 Å². The minimum Gasteiger partial charge on any atom is -0.378 e. The lowest BCUT2D eigenvalue weighted by Crippen LogP contribution is -2.44. The monoisotopic (exact) mass is 280 g/mol. The number of hydrogen-bond donors (Lipinski definition) is 2. The van der Waals surface area contributed by atoms with E-state index in [1.807, 2.05) is 6.92 Å². The fourth-order valence-corrected chi connectivity index (χ4v) is 2.22. The summed E-state index contributed by atoms with van der Waals surface area (Å²) in [6.07, 6.45) is 0.427. The quantitative estimate of drug-likeness (QED) is 0.858. The zero-order chi connectivity index (χ0) is 14.4. The highest BCUT2D eigenvalue weighted by Gasteiger charge is 2.17. The van der Waals surface area contributed by atoms with Crippen LogP contribution >= 0.6 is 0 Å². The number of morpholine rings is 1. The number of hydrogen-bond acceptors (Lipinski definition) is 3. The Hall–Kier alpha value is -1.46. The van der Waals surface area contributed by atoms with E-state index in [0.29, 0.717) is 26.2 Å². The number of ether oxygens (including phenoxy) is 1. The fourth-order valence-electron chi connectivity index (χ4n) is 2.22. The van der Waals surface area contributed by atoms with Crippen LogP contribution in [0.4, 0.5) is 4.39 Å². The van der Waals surface area contributed by atoms with Gasteiger partial charge in [-0.1, -0.05) is 19.1 Å². The Morgan fingerprint density at radius 3 is 2.90 bits per heavy atom. The molecule has 0 bridgehead atoms. The molecule has 0 spiro atoms. The molecule has 2 rings (SSSR count). The third-order valence-electron chi connectivity index (χ3n) is 3.47. The number of amides is 1. The van der Waals surface area contributed by atoms with Crippen molar-refractivity contribution in [3.05, 3.63) is 35.6 Å². The van der Waals surface area contributed by atoms with Gasteiger partial charge in [-0.15, -0.1) is 0 Å². The largest absolute Gasteiger partial charge is 0.378 e. The van der Waals surface area contributed by atoms with Crippen LogP contribution in [0.15, 0.2) is 24.3 Å². The summed E-state index contributed by atoms with van der Waals surface area (Å²) in [6.45, 7) is 4.65. The molecule has 0 saturated carbocycles. The Balaban J connectivity index is 1.73. The maximum Gasteiger partial charge on any atom is 0.221 e. The summed E-state index contributed by atoms with van der Waals surface area (Å²) in [5, 5.41) is 6.16. The number of halogens is 1. The van der Waals surface area contributed by atoms with Gasteiger partial charge < -0.3 is 15.4 Å². The summed E-state index contributed by atoms with van der Waals surface area (Å²) >= 11 is 0. The number of rotatable bonds is 5. The molecule has 4 nitrogen and oxygen atoms in total. The molecule has 5 heteroatoms. The number of carbonyl (C=O) groups excluding carboxylic acids is 1. The van der Waals surface area contributed by atoms with Crippen LogP contribution < -0.4 is 10.6 Å². The lowest BCUT2D eigenvalue weighted by Gasteiger charge is -2.23. The molecule has 1 heterocycles. The molecule has 1 saturated heterocycles. The molecule has 20 heavy (non-hydrogen) atoms. The van der Waals surface area contributed by atoms with Gasteiger partial charge in [0.2, 0.25) is 5.91 Å². The van der Waals surface area contributed by atoms with E-state index in [0.717, 1.165) is 12.1 Å². The van der Waals surface area contributed by atoms with Gasteiger partial charge in [0, 0.05) is 25.6 Å². The average Bonchev–Trinajstić information content (AvgIpc) is 2.46. The first-order valence-electron chi connectivity index (χ1n) is 6.98. The van der Waals surface area contributed by atoms with Crippen molar-refractivity contribution in [2.75, 3.05) is 26.3 Å². The van der Waals surface area contributed by atoms with Crippen molar-refractivity contribution in [1.29, 1.82) is 0 Å². The SMILES string of the molecule is CC(CNC(=O)CC1COCCN1)c1ccc(F)cc1. The average molecular weight is 280 g/mol. The molecule has 1 aromatic carbocycles. The molecule has 1 aliphatic rings. The Morgan fingerprint density at radius 1 is 1.50 bits per heavy atom. The number of benzene rings is 1. The molecule has 0 aromatic heterocycles. The molecule has 110 valence electrons. The van der Waals surface area contributed by atoms with Gasteiger partial charge in [0.25, 0.3) is 0 Å². The fraction of sp³-hybridized carbons (Fsp3) is 0.533. The predicted molar refractivity (Wildman–Crippen MR) is 75.1 cm³/mol. The first kappa shape index (κ1) is 14.9. The Bertz CT molecular complexity index is 430. The molecule has 0 aliphatic carbocycles. The molecule has 2 atom stereocenters. The van der Waals surface area contributed by atoms with Crippen molar-refractivity contribution in [2.45, 2.75) is 25.3 Å². The topological polar surface area (TPSA) is 50.4 Å². The van der Waals surface area contributed by atoms with Crippen molar-refractivity contribution >= 4 is 5.91 Å². The molecule has 0 radical (unpaired) electrons. The summed E-state index contributed by atoms with van der Waals surface area (Å²) in [4.78, 5) is 11.8. The van der Waals surface area contributed by atoms with Crippen LogP contribution in [0.3, 0.4) is 0 Å². The second kappa shape index (κ2) is 7.36. The van der Waals surface area contributed by atoms with E-state index in [2.05, 4.69) is 10.6 Å². The van der Waals surface area contributed by atoms with Crippen LogP contribution in [0, 0.1) is 5.82 Å². The van der Waals surface area contributed by atoms with Gasteiger partial charge in [-0.3, -0.25) is 4.79 Å². The molecule has 1 aliphatic heterocycles. The molecule has 1 amide bonds. The van der Waals surface area contributed by atoms with E-state index >= 15 is 0 Å². The minimum absolute atomic E-state index is 0.0157. The lowest BCUT2D eigenvalue weighted by molar-refractivity contribution is -0.122. The first-order valence-corrected chi connectivity index (χ1v) is 6.98. The van der Waals surface area contributed by atoms with Crippen molar-refractivity contribution in [1.82, 2.24) is 10.6 Å². The van der Waals surface area contributed by atoms with E-state index in [1.165, 1.54) is 12.1 Å². The summed E-state index contributed by atoms with van der Waals surface area (Å²) in [7, 11) is 0. The van der Waals surface area contributed by atoms with Gasteiger partial charge in [0.1, 0.15) is 5.82 Å². The van der Waals surface area contributed by atoms with Crippen LogP contribution in [0.5, 0.6) is 0 Å². The standard InChI is InChI=1S/C15H21FN2O2/c1-11(12-2-4-13(16)5-3-12)9-18-15(19)8-14-10-20-7-6-17-14/h2-5,11,14,17H,6-10H2,1H3,(H,18,19). The highest BCUT2D eigenvalue weighted by atomic mass is 19.1. The smallest absolute Gasteiger partial charge is 0.221 e. The second-order valence-corrected chi connectivity index (χ2v) is 5.19. The minimum atomic E-state index is -0.242. The lowest BCUT2D eigenvalue weighted by atomic mass is 10.0. The van der Waals surface area contributed by atoms with Gasteiger partial charge in [-0.2, -0.15) is 0 Å². The van der Waals surface area contributed by atoms with Crippen LogP contribution in [-0.4, -0.2) is 38.3 Å². The number of carbonyl (C=O) groups is 1. The molecule has 2 N–H and O–H groups in total. The number of nitrogens with one attached hydrogen (secondary N) is 2. The molecule has 1 fully saturated rings. The molecular formula is C15H21FN2O2. The maximum atomic E-state index is 12.8. The molecule has 1 aromatic rings. The zero-order valence-corrected chi connectivity index (χ0v) is 11.7. The van der Waals surface area contributed by atoms with E-state index in [-0.39, 0.29) is 23.7 Å². The second-order valence-electron chi connectivity index (χ2n) is 5.19. The molecule has 2 unspecified atom stereocenters. The van der Waals surface area contributed by atoms with Crippen LogP contribution in [0.25, 0.3) is 0 Å². The first-order chi connectivity index (χ1) is 9.65. The van der Waals surface area contributed by atoms with Gasteiger partial charge in [-0.05, 0) is 23.6 Å². The van der Waals surface area contributed by atoms with Gasteiger partial charge in [-0.25, -0.2) is 4.39 Å². The van der Waals surface area contributed by atoms with Crippen molar-refractivity contribution in [3.63, 3.8) is 0 Å². The van der Waals surface area contributed by atoms with Gasteiger partial charge in [0.05, 0.1) is 13.2 Å². The van der Waals surface area contributed by atoms with E-state index in [4.69, 9.17) is 4.74 Å². The Kier molecular flexibility index (Phi) is 5.49. The normalized spacial score (nSPS) is 20.4. The van der Waals surface area contributed by atoms with Crippen molar-refractivity contribution < 1.29 is 13.9 Å². The zero-order valence-electron chi connectivity index (χ0n) is 11.7. The highest BCUT2D eigenvalue weighted by Crippen LogP contribution is 2.14. The Labute approximate surface area is 118 Å². The summed E-state index contributed by atoms with van der Waals surface area (Å²) in [5.74, 6) is -0.0644. The van der Waals surface area contributed by atoms with Gasteiger partial charge in [0.15, 0.2) is 0 Å². The maximum absolute atomic E-state index is 12.8. The third-order valence-corrected chi connectivity index (χ3v) is 3.47. The highest BCUT2D eigenvalue weighted by molar-refractivity contribution is 5.76. The van der Waals surface area contributed by atoms with E-state index in [9.17, 15) is 9.18 Å². The van der Waals surface area contributed by atoms with Crippen LogP contribution in [-0.2, 0) is 9.53 Å². The van der Waals surface area contributed by atoms with Gasteiger partial charge >= 0.3 is 0 Å². The third kappa shape index (κ3) is 4.58. The van der Waals surface area contributed by atoms with Crippen molar-refractivity contribution in [3.8, 4) is 0 Å². The summed E-state index contributed by atoms with van der Waals surface area (Å²) in [5.41, 5.74) is 1.02. The summed E-state index contributed by atoms with van der Waals surface area (Å²) < 4.78 is 18.1.